The molecule has 9 nitrogen and oxygen atoms in total. The van der Waals surface area contributed by atoms with Crippen molar-refractivity contribution >= 4 is 28.3 Å². The number of H-pyrrole nitrogens is 1. The molecule has 38 heavy (non-hydrogen) atoms. The zero-order valence-electron chi connectivity index (χ0n) is 21.8. The van der Waals surface area contributed by atoms with E-state index in [1.807, 2.05) is 47.6 Å². The van der Waals surface area contributed by atoms with Crippen molar-refractivity contribution in [1.29, 1.82) is 0 Å². The minimum atomic E-state index is -0.423. The van der Waals surface area contributed by atoms with Crippen molar-refractivity contribution in [3.05, 3.63) is 65.0 Å². The van der Waals surface area contributed by atoms with Gasteiger partial charge in [-0.05, 0) is 44.0 Å². The standard InChI is InChI=1S/C28H30FN7O2/c1-4-35-24(8-9-30-35)21-11-20(18-7-6-10-33(14-18)17(3)37)26(29)27-22(21)12-23(32-27)28(38)34-15-19-13-31-36(5-2)25(19)16-34/h7-9,11-13,32H,4-6,10,14-16H2,1-3H3. The number of benzene rings is 1. The fraction of sp³-hybridized carbons (Fsp3) is 0.357. The van der Waals surface area contributed by atoms with Crippen LogP contribution in [0.5, 0.6) is 0 Å². The van der Waals surface area contributed by atoms with Crippen LogP contribution in [0.4, 0.5) is 4.39 Å². The molecule has 0 saturated carbocycles. The molecule has 0 fully saturated rings. The van der Waals surface area contributed by atoms with E-state index in [-0.39, 0.29) is 17.3 Å². The molecule has 3 aromatic heterocycles. The SMILES string of the molecule is CCn1nccc1-c1cc(C2=CCCN(C(C)=O)C2)c(F)c2[nH]c(C(=O)N3Cc4cnn(CC)c4C3)cc12. The van der Waals surface area contributed by atoms with E-state index < -0.39 is 5.82 Å². The van der Waals surface area contributed by atoms with Crippen molar-refractivity contribution in [2.75, 3.05) is 13.1 Å². The van der Waals surface area contributed by atoms with Crippen molar-refractivity contribution in [1.82, 2.24) is 34.3 Å². The number of halogens is 1. The lowest BCUT2D eigenvalue weighted by atomic mass is 9.95. The summed E-state index contributed by atoms with van der Waals surface area (Å²) in [6.45, 7) is 8.85. The number of nitrogens with zero attached hydrogens (tertiary/aromatic N) is 6. The number of hydrogen-bond acceptors (Lipinski definition) is 4. The van der Waals surface area contributed by atoms with Gasteiger partial charge in [-0.1, -0.05) is 6.08 Å². The number of aromatic amines is 1. The third kappa shape index (κ3) is 3.82. The number of hydrogen-bond donors (Lipinski definition) is 1. The molecular weight excluding hydrogens is 485 g/mol. The molecule has 0 bridgehead atoms. The topological polar surface area (TPSA) is 92.1 Å². The zero-order chi connectivity index (χ0) is 26.6. The number of fused-ring (bicyclic) bond motifs is 2. The van der Waals surface area contributed by atoms with Crippen molar-refractivity contribution in [2.24, 2.45) is 0 Å². The molecule has 1 N–H and O–H groups in total. The monoisotopic (exact) mass is 515 g/mol. The molecule has 6 rings (SSSR count). The Labute approximate surface area is 219 Å². The quantitative estimate of drug-likeness (QED) is 0.431. The summed E-state index contributed by atoms with van der Waals surface area (Å²) >= 11 is 0. The van der Waals surface area contributed by atoms with Gasteiger partial charge in [0, 0.05) is 67.9 Å². The van der Waals surface area contributed by atoms with E-state index in [4.69, 9.17) is 0 Å². The highest BCUT2D eigenvalue weighted by Crippen LogP contribution is 2.37. The molecule has 0 saturated heterocycles. The van der Waals surface area contributed by atoms with Gasteiger partial charge in [-0.25, -0.2) is 4.39 Å². The van der Waals surface area contributed by atoms with E-state index >= 15 is 4.39 Å². The molecule has 5 heterocycles. The number of carbonyl (C=O) groups excluding carboxylic acids is 2. The van der Waals surface area contributed by atoms with E-state index in [1.54, 1.807) is 22.1 Å². The number of rotatable bonds is 5. The van der Waals surface area contributed by atoms with Gasteiger partial charge in [-0.3, -0.25) is 19.0 Å². The van der Waals surface area contributed by atoms with Crippen LogP contribution >= 0.6 is 0 Å². The summed E-state index contributed by atoms with van der Waals surface area (Å²) in [7, 11) is 0. The normalized spacial score (nSPS) is 15.3. The van der Waals surface area contributed by atoms with E-state index in [2.05, 4.69) is 15.2 Å². The lowest BCUT2D eigenvalue weighted by Gasteiger charge is -2.27. The maximum atomic E-state index is 16.2. The van der Waals surface area contributed by atoms with Crippen LogP contribution in [0.15, 0.2) is 36.7 Å². The second kappa shape index (κ2) is 9.27. The number of aryl methyl sites for hydroxylation is 2. The third-order valence-electron chi connectivity index (χ3n) is 7.64. The second-order valence-electron chi connectivity index (χ2n) is 9.84. The van der Waals surface area contributed by atoms with Crippen LogP contribution < -0.4 is 0 Å². The Balaban J connectivity index is 1.45. The summed E-state index contributed by atoms with van der Waals surface area (Å²) in [5.41, 5.74) is 5.52. The minimum Gasteiger partial charge on any atom is -0.348 e. The average Bonchev–Trinajstić information content (AvgIpc) is 3.71. The third-order valence-corrected chi connectivity index (χ3v) is 7.64. The first-order chi connectivity index (χ1) is 18.4. The average molecular weight is 516 g/mol. The van der Waals surface area contributed by atoms with E-state index in [0.717, 1.165) is 34.6 Å². The molecule has 0 atom stereocenters. The summed E-state index contributed by atoms with van der Waals surface area (Å²) in [5.74, 6) is -0.643. The highest BCUT2D eigenvalue weighted by atomic mass is 19.1. The van der Waals surface area contributed by atoms with Gasteiger partial charge < -0.3 is 14.8 Å². The van der Waals surface area contributed by atoms with Crippen LogP contribution in [0.1, 0.15) is 54.5 Å². The molecule has 0 unspecified atom stereocenters. The Bertz CT molecular complexity index is 1610. The van der Waals surface area contributed by atoms with Crippen LogP contribution in [0, 0.1) is 5.82 Å². The molecule has 0 radical (unpaired) electrons. The summed E-state index contributed by atoms with van der Waals surface area (Å²) in [5, 5.41) is 9.42. The van der Waals surface area contributed by atoms with E-state index in [0.29, 0.717) is 55.8 Å². The van der Waals surface area contributed by atoms with E-state index in [9.17, 15) is 9.59 Å². The first kappa shape index (κ1) is 24.1. The van der Waals surface area contributed by atoms with Crippen molar-refractivity contribution in [3.63, 3.8) is 0 Å². The first-order valence-electron chi connectivity index (χ1n) is 13.0. The molecule has 1 aromatic carbocycles. The molecule has 2 amide bonds. The maximum Gasteiger partial charge on any atom is 0.270 e. The summed E-state index contributed by atoms with van der Waals surface area (Å²) < 4.78 is 19.9. The number of aromatic nitrogens is 5. The smallest absolute Gasteiger partial charge is 0.270 e. The molecule has 196 valence electrons. The van der Waals surface area contributed by atoms with Crippen molar-refractivity contribution < 1.29 is 14.0 Å². The Morgan fingerprint density at radius 3 is 2.61 bits per heavy atom. The van der Waals surface area contributed by atoms with Gasteiger partial charge in [0.15, 0.2) is 5.82 Å². The zero-order valence-corrected chi connectivity index (χ0v) is 21.8. The second-order valence-corrected chi connectivity index (χ2v) is 9.84. The maximum absolute atomic E-state index is 16.2. The molecule has 2 aliphatic heterocycles. The lowest BCUT2D eigenvalue weighted by Crippen LogP contribution is -2.33. The molecule has 0 spiro atoms. The van der Waals surface area contributed by atoms with Gasteiger partial charge in [-0.2, -0.15) is 10.2 Å². The van der Waals surface area contributed by atoms with Crippen molar-refractivity contribution in [3.8, 4) is 11.3 Å². The summed E-state index contributed by atoms with van der Waals surface area (Å²) in [4.78, 5) is 32.2. The number of nitrogens with one attached hydrogen (secondary N) is 1. The van der Waals surface area contributed by atoms with Gasteiger partial charge in [-0.15, -0.1) is 0 Å². The summed E-state index contributed by atoms with van der Waals surface area (Å²) in [6, 6.07) is 5.48. The molecule has 10 heteroatoms. The van der Waals surface area contributed by atoms with Crippen LogP contribution in [-0.4, -0.2) is 59.2 Å². The minimum absolute atomic E-state index is 0.0353. The van der Waals surface area contributed by atoms with E-state index in [1.165, 1.54) is 6.92 Å². The van der Waals surface area contributed by atoms with Crippen LogP contribution in [-0.2, 0) is 31.0 Å². The largest absolute Gasteiger partial charge is 0.348 e. The Kier molecular flexibility index (Phi) is 5.89. The fourth-order valence-electron chi connectivity index (χ4n) is 5.64. The number of carbonyl (C=O) groups is 2. The molecule has 4 aromatic rings. The molecule has 2 aliphatic rings. The highest BCUT2D eigenvalue weighted by molar-refractivity contribution is 6.04. The van der Waals surface area contributed by atoms with Gasteiger partial charge in [0.1, 0.15) is 5.69 Å². The first-order valence-corrected chi connectivity index (χ1v) is 13.0. The fourth-order valence-corrected chi connectivity index (χ4v) is 5.64. The lowest BCUT2D eigenvalue weighted by molar-refractivity contribution is -0.128. The Hall–Kier alpha value is -4.21. The van der Waals surface area contributed by atoms with Crippen LogP contribution in [0.25, 0.3) is 27.7 Å². The number of amides is 2. The predicted octanol–water partition coefficient (Wildman–Crippen LogP) is 4.20. The van der Waals surface area contributed by atoms with Crippen LogP contribution in [0.2, 0.25) is 0 Å². The Morgan fingerprint density at radius 2 is 1.84 bits per heavy atom. The highest BCUT2D eigenvalue weighted by Gasteiger charge is 2.30. The molecular formula is C28H30FN7O2. The van der Waals surface area contributed by atoms with Gasteiger partial charge in [0.25, 0.3) is 5.91 Å². The van der Waals surface area contributed by atoms with Gasteiger partial charge in [0.2, 0.25) is 5.91 Å². The summed E-state index contributed by atoms with van der Waals surface area (Å²) in [6.07, 6.45) is 6.20. The Morgan fingerprint density at radius 1 is 1.03 bits per heavy atom. The van der Waals surface area contributed by atoms with Gasteiger partial charge in [0.05, 0.1) is 29.6 Å². The van der Waals surface area contributed by atoms with Crippen LogP contribution in [0.3, 0.4) is 0 Å². The molecule has 0 aliphatic carbocycles. The van der Waals surface area contributed by atoms with Gasteiger partial charge >= 0.3 is 0 Å². The van der Waals surface area contributed by atoms with Crippen molar-refractivity contribution in [2.45, 2.75) is 53.4 Å². The predicted molar refractivity (Wildman–Crippen MR) is 141 cm³/mol.